The fourth-order valence-corrected chi connectivity index (χ4v) is 3.87. The van der Waals surface area contributed by atoms with E-state index in [4.69, 9.17) is 4.74 Å². The van der Waals surface area contributed by atoms with Crippen molar-refractivity contribution < 1.29 is 14.3 Å². The summed E-state index contributed by atoms with van der Waals surface area (Å²) in [7, 11) is 1.31. The summed E-state index contributed by atoms with van der Waals surface area (Å²) < 4.78 is 7.92. The summed E-state index contributed by atoms with van der Waals surface area (Å²) in [6.45, 7) is 0.365. The second-order valence-electron chi connectivity index (χ2n) is 7.71. The van der Waals surface area contributed by atoms with Gasteiger partial charge in [-0.25, -0.2) is 9.78 Å². The number of carbonyl (C=O) groups excluding carboxylic acids is 2. The Morgan fingerprint density at radius 2 is 1.71 bits per heavy atom. The van der Waals surface area contributed by atoms with Crippen molar-refractivity contribution >= 4 is 34.2 Å². The zero-order chi connectivity index (χ0) is 23.7. The smallest absolute Gasteiger partial charge is 0.337 e. The van der Waals surface area contributed by atoms with E-state index in [0.29, 0.717) is 40.2 Å². The summed E-state index contributed by atoms with van der Waals surface area (Å²) in [4.78, 5) is 42.8. The molecule has 0 aliphatic rings. The minimum Gasteiger partial charge on any atom is -0.465 e. The van der Waals surface area contributed by atoms with Crippen LogP contribution in [-0.2, 0) is 11.3 Å². The zero-order valence-corrected chi connectivity index (χ0v) is 18.3. The average Bonchev–Trinajstić information content (AvgIpc) is 3.23. The molecule has 0 radical (unpaired) electrons. The molecule has 0 fully saturated rings. The number of esters is 1. The molecular formula is C26H20N4O4. The Balaban J connectivity index is 1.60. The molecule has 0 atom stereocenters. The zero-order valence-electron chi connectivity index (χ0n) is 18.3. The highest BCUT2D eigenvalue weighted by molar-refractivity contribution is 6.06. The highest BCUT2D eigenvalue weighted by atomic mass is 16.5. The van der Waals surface area contributed by atoms with Crippen molar-refractivity contribution in [3.63, 3.8) is 0 Å². The Kier molecular flexibility index (Phi) is 5.39. The Hall–Kier alpha value is -4.72. The molecule has 3 heterocycles. The van der Waals surface area contributed by atoms with Gasteiger partial charge in [-0.05, 0) is 48.0 Å². The summed E-state index contributed by atoms with van der Waals surface area (Å²) in [6.07, 6.45) is 1.65. The van der Waals surface area contributed by atoms with E-state index in [9.17, 15) is 14.4 Å². The second kappa shape index (κ2) is 8.67. The van der Waals surface area contributed by atoms with Crippen LogP contribution < -0.4 is 10.9 Å². The number of aromatic nitrogens is 3. The Morgan fingerprint density at radius 1 is 0.971 bits per heavy atom. The van der Waals surface area contributed by atoms with Gasteiger partial charge < -0.3 is 14.6 Å². The number of rotatable bonds is 5. The van der Waals surface area contributed by atoms with Gasteiger partial charge >= 0.3 is 5.97 Å². The van der Waals surface area contributed by atoms with Crippen molar-refractivity contribution in [1.29, 1.82) is 0 Å². The van der Waals surface area contributed by atoms with Crippen molar-refractivity contribution in [2.24, 2.45) is 0 Å². The van der Waals surface area contributed by atoms with Crippen molar-refractivity contribution in [3.8, 4) is 0 Å². The number of fused-ring (bicyclic) bond motifs is 2. The number of benzene rings is 2. The fourth-order valence-electron chi connectivity index (χ4n) is 3.87. The van der Waals surface area contributed by atoms with E-state index in [1.165, 1.54) is 11.5 Å². The number of hydrogen-bond acceptors (Lipinski definition) is 5. The number of amides is 1. The first kappa shape index (κ1) is 21.1. The van der Waals surface area contributed by atoms with E-state index in [1.54, 1.807) is 53.2 Å². The molecule has 1 N–H and O–H groups in total. The van der Waals surface area contributed by atoms with Crippen molar-refractivity contribution in [3.05, 3.63) is 112 Å². The molecule has 0 saturated carbocycles. The molecule has 0 bridgehead atoms. The van der Waals surface area contributed by atoms with Crippen LogP contribution in [0.5, 0.6) is 0 Å². The Morgan fingerprint density at radius 3 is 2.44 bits per heavy atom. The van der Waals surface area contributed by atoms with Crippen molar-refractivity contribution in [2.45, 2.75) is 6.54 Å². The minimum absolute atomic E-state index is 0.246. The van der Waals surface area contributed by atoms with Gasteiger partial charge in [0.25, 0.3) is 11.5 Å². The fraction of sp³-hybridized carbons (Fsp3) is 0.0769. The van der Waals surface area contributed by atoms with Gasteiger partial charge in [0.15, 0.2) is 0 Å². The maximum Gasteiger partial charge on any atom is 0.337 e. The standard InChI is InChI=1S/C26H20N4O4/c1-34-26(33)18-10-12-19(13-11-18)27-24(31)21-15-20-23(30(21)16-17-7-3-2-4-8-17)28-22-9-5-6-14-29(22)25(20)32/h2-15H,16H2,1H3,(H,27,31). The Bertz CT molecular complexity index is 1590. The van der Waals surface area contributed by atoms with Crippen LogP contribution in [0, 0.1) is 0 Å². The molecule has 34 heavy (non-hydrogen) atoms. The molecule has 0 aliphatic heterocycles. The van der Waals surface area contributed by atoms with Crippen LogP contribution in [0.3, 0.4) is 0 Å². The number of pyridine rings is 1. The van der Waals surface area contributed by atoms with E-state index in [-0.39, 0.29) is 5.56 Å². The molecule has 8 heteroatoms. The van der Waals surface area contributed by atoms with Gasteiger partial charge in [0, 0.05) is 18.4 Å². The molecule has 5 rings (SSSR count). The van der Waals surface area contributed by atoms with Gasteiger partial charge in [0.05, 0.1) is 18.1 Å². The molecule has 0 unspecified atom stereocenters. The summed E-state index contributed by atoms with van der Waals surface area (Å²) in [6, 6.07) is 22.9. The third-order valence-electron chi connectivity index (χ3n) is 5.56. The lowest BCUT2D eigenvalue weighted by molar-refractivity contribution is 0.0600. The predicted molar refractivity (Wildman–Crippen MR) is 128 cm³/mol. The van der Waals surface area contributed by atoms with Crippen LogP contribution in [-0.4, -0.2) is 32.9 Å². The number of anilines is 1. The third kappa shape index (κ3) is 3.81. The molecular weight excluding hydrogens is 432 g/mol. The van der Waals surface area contributed by atoms with E-state index >= 15 is 0 Å². The molecule has 168 valence electrons. The monoisotopic (exact) mass is 452 g/mol. The predicted octanol–water partition coefficient (Wildman–Crippen LogP) is 3.74. The maximum atomic E-state index is 13.3. The van der Waals surface area contributed by atoms with Crippen LogP contribution in [0.4, 0.5) is 5.69 Å². The quantitative estimate of drug-likeness (QED) is 0.410. The van der Waals surface area contributed by atoms with E-state index < -0.39 is 11.9 Å². The number of ether oxygens (including phenoxy) is 1. The first-order valence-electron chi connectivity index (χ1n) is 10.6. The molecule has 5 aromatic rings. The molecule has 2 aromatic carbocycles. The topological polar surface area (TPSA) is 94.7 Å². The van der Waals surface area contributed by atoms with Gasteiger partial charge in [-0.15, -0.1) is 0 Å². The van der Waals surface area contributed by atoms with E-state index in [0.717, 1.165) is 5.56 Å². The number of methoxy groups -OCH3 is 1. The summed E-state index contributed by atoms with van der Waals surface area (Å²) in [5.41, 5.74) is 2.84. The molecule has 0 saturated heterocycles. The van der Waals surface area contributed by atoms with Crippen molar-refractivity contribution in [1.82, 2.24) is 14.0 Å². The van der Waals surface area contributed by atoms with Crippen LogP contribution in [0.1, 0.15) is 26.4 Å². The second-order valence-corrected chi connectivity index (χ2v) is 7.71. The third-order valence-corrected chi connectivity index (χ3v) is 5.56. The van der Waals surface area contributed by atoms with Gasteiger partial charge in [-0.1, -0.05) is 36.4 Å². The number of hydrogen-bond donors (Lipinski definition) is 1. The van der Waals surface area contributed by atoms with Crippen LogP contribution >= 0.6 is 0 Å². The van der Waals surface area contributed by atoms with Gasteiger partial charge in [0.1, 0.15) is 17.0 Å². The summed E-state index contributed by atoms with van der Waals surface area (Å²) in [5.74, 6) is -0.854. The lowest BCUT2D eigenvalue weighted by Crippen LogP contribution is -2.18. The average molecular weight is 452 g/mol. The van der Waals surface area contributed by atoms with Gasteiger partial charge in [-0.2, -0.15) is 0 Å². The SMILES string of the molecule is COC(=O)c1ccc(NC(=O)c2cc3c(=O)n4ccccc4nc3n2Cc2ccccc2)cc1. The summed E-state index contributed by atoms with van der Waals surface area (Å²) >= 11 is 0. The molecule has 0 aliphatic carbocycles. The van der Waals surface area contributed by atoms with Crippen LogP contribution in [0.25, 0.3) is 16.7 Å². The first-order valence-corrected chi connectivity index (χ1v) is 10.6. The highest BCUT2D eigenvalue weighted by Crippen LogP contribution is 2.20. The number of carbonyl (C=O) groups is 2. The Labute approximate surface area is 194 Å². The van der Waals surface area contributed by atoms with Crippen LogP contribution in [0.2, 0.25) is 0 Å². The van der Waals surface area contributed by atoms with E-state index in [2.05, 4.69) is 10.3 Å². The normalized spacial score (nSPS) is 11.0. The summed E-state index contributed by atoms with van der Waals surface area (Å²) in [5, 5.41) is 3.19. The first-order chi connectivity index (χ1) is 16.5. The van der Waals surface area contributed by atoms with Crippen LogP contribution in [0.15, 0.2) is 89.9 Å². The minimum atomic E-state index is -0.459. The van der Waals surface area contributed by atoms with Crippen molar-refractivity contribution in [2.75, 3.05) is 12.4 Å². The molecule has 8 nitrogen and oxygen atoms in total. The molecule has 1 amide bonds. The van der Waals surface area contributed by atoms with E-state index in [1.807, 2.05) is 36.4 Å². The largest absolute Gasteiger partial charge is 0.465 e. The maximum absolute atomic E-state index is 13.3. The number of nitrogens with one attached hydrogen (secondary N) is 1. The lowest BCUT2D eigenvalue weighted by atomic mass is 10.2. The molecule has 0 spiro atoms. The lowest BCUT2D eigenvalue weighted by Gasteiger charge is -2.11. The number of nitrogens with zero attached hydrogens (tertiary/aromatic N) is 3. The highest BCUT2D eigenvalue weighted by Gasteiger charge is 2.20. The molecule has 3 aromatic heterocycles. The van der Waals surface area contributed by atoms with Gasteiger partial charge in [-0.3, -0.25) is 14.0 Å². The van der Waals surface area contributed by atoms with Gasteiger partial charge in [0.2, 0.25) is 0 Å².